The number of β-amino-alcohol motifs (C(OH)–C–C–N with tert-alkyl or cyclic N) is 1. The van der Waals surface area contributed by atoms with Crippen molar-refractivity contribution < 1.29 is 14.6 Å². The van der Waals surface area contributed by atoms with Gasteiger partial charge in [-0.15, -0.1) is 0 Å². The maximum atomic E-state index is 11.4. The molecule has 1 aromatic rings. The normalized spacial score (nSPS) is 15.8. The van der Waals surface area contributed by atoms with Gasteiger partial charge in [0.15, 0.2) is 0 Å². The second-order valence-electron chi connectivity index (χ2n) is 3.74. The fraction of sp³-hybridized carbons (Fsp3) is 0.364. The molecule has 1 aliphatic rings. The van der Waals surface area contributed by atoms with Crippen LogP contribution in [0.4, 0.5) is 4.79 Å². The van der Waals surface area contributed by atoms with Crippen LogP contribution >= 0.6 is 22.6 Å². The second kappa shape index (κ2) is 5.01. The molecule has 1 saturated heterocycles. The number of aliphatic hydroxyl groups excluding tert-OH is 1. The third-order valence-electron chi connectivity index (χ3n) is 2.40. The summed E-state index contributed by atoms with van der Waals surface area (Å²) < 4.78 is 6.25. The molecule has 4 nitrogen and oxygen atoms in total. The molecule has 0 atom stereocenters. The summed E-state index contributed by atoms with van der Waals surface area (Å²) in [4.78, 5) is 12.9. The van der Waals surface area contributed by atoms with Gasteiger partial charge in [0.2, 0.25) is 0 Å². The van der Waals surface area contributed by atoms with E-state index in [2.05, 4.69) is 22.6 Å². The van der Waals surface area contributed by atoms with Gasteiger partial charge in [0.05, 0.1) is 19.2 Å². The zero-order valence-electron chi connectivity index (χ0n) is 8.60. The smallest absolute Gasteiger partial charge is 0.410 e. The first-order valence-electron chi connectivity index (χ1n) is 4.99. The molecule has 0 aliphatic carbocycles. The van der Waals surface area contributed by atoms with E-state index < -0.39 is 0 Å². The van der Waals surface area contributed by atoms with Gasteiger partial charge in [-0.2, -0.15) is 0 Å². The average molecular weight is 333 g/mol. The number of hydrogen-bond donors (Lipinski definition) is 1. The highest BCUT2D eigenvalue weighted by molar-refractivity contribution is 14.1. The highest BCUT2D eigenvalue weighted by atomic mass is 127. The van der Waals surface area contributed by atoms with Gasteiger partial charge in [-0.1, -0.05) is 12.1 Å². The van der Waals surface area contributed by atoms with Crippen molar-refractivity contribution in [3.63, 3.8) is 0 Å². The van der Waals surface area contributed by atoms with E-state index in [1.165, 1.54) is 4.90 Å². The van der Waals surface area contributed by atoms with Gasteiger partial charge in [0.25, 0.3) is 0 Å². The third-order valence-corrected chi connectivity index (χ3v) is 3.12. The molecule has 1 amide bonds. The molecule has 0 saturated carbocycles. The quantitative estimate of drug-likeness (QED) is 0.837. The first-order valence-corrected chi connectivity index (χ1v) is 6.07. The first-order chi connectivity index (χ1) is 7.65. The van der Waals surface area contributed by atoms with E-state index in [1.54, 1.807) is 0 Å². The van der Waals surface area contributed by atoms with Crippen LogP contribution in [-0.4, -0.2) is 35.3 Å². The van der Waals surface area contributed by atoms with Crippen molar-refractivity contribution in [3.05, 3.63) is 33.4 Å². The zero-order valence-corrected chi connectivity index (χ0v) is 10.8. The average Bonchev–Trinajstić information content (AvgIpc) is 2.24. The van der Waals surface area contributed by atoms with Crippen molar-refractivity contribution in [2.45, 2.75) is 12.7 Å². The Bertz CT molecular complexity index is 373. The number of carbonyl (C=O) groups is 1. The van der Waals surface area contributed by atoms with Crippen molar-refractivity contribution in [1.29, 1.82) is 0 Å². The van der Waals surface area contributed by atoms with Crippen LogP contribution in [0.15, 0.2) is 24.3 Å². The fourth-order valence-corrected chi connectivity index (χ4v) is 1.78. The number of benzene rings is 1. The van der Waals surface area contributed by atoms with Crippen molar-refractivity contribution in [2.75, 3.05) is 13.1 Å². The molecule has 86 valence electrons. The topological polar surface area (TPSA) is 49.8 Å². The summed E-state index contributed by atoms with van der Waals surface area (Å²) >= 11 is 2.22. The number of aliphatic hydroxyl groups is 1. The predicted molar refractivity (Wildman–Crippen MR) is 66.9 cm³/mol. The van der Waals surface area contributed by atoms with Gasteiger partial charge in [0.1, 0.15) is 6.61 Å². The summed E-state index contributed by atoms with van der Waals surface area (Å²) in [7, 11) is 0. The predicted octanol–water partition coefficient (Wildman–Crippen LogP) is 1.60. The van der Waals surface area contributed by atoms with Crippen LogP contribution in [0, 0.1) is 3.57 Å². The summed E-state index contributed by atoms with van der Waals surface area (Å²) in [5.74, 6) is 0. The Balaban J connectivity index is 1.79. The Morgan fingerprint density at radius 2 is 2.06 bits per heavy atom. The number of likely N-dealkylation sites (tertiary alicyclic amines) is 1. The molecule has 2 rings (SSSR count). The van der Waals surface area contributed by atoms with Crippen LogP contribution in [0.5, 0.6) is 0 Å². The minimum Gasteiger partial charge on any atom is -0.445 e. The number of nitrogens with zero attached hydrogens (tertiary/aromatic N) is 1. The van der Waals surface area contributed by atoms with Gasteiger partial charge in [0, 0.05) is 3.57 Å². The molecule has 0 spiro atoms. The molecule has 1 aliphatic heterocycles. The monoisotopic (exact) mass is 333 g/mol. The molecular weight excluding hydrogens is 321 g/mol. The molecule has 5 heteroatoms. The molecule has 0 radical (unpaired) electrons. The maximum absolute atomic E-state index is 11.4. The number of rotatable bonds is 2. The number of carbonyl (C=O) groups excluding carboxylic acids is 1. The third kappa shape index (κ3) is 2.85. The largest absolute Gasteiger partial charge is 0.445 e. The van der Waals surface area contributed by atoms with E-state index in [9.17, 15) is 4.79 Å². The summed E-state index contributed by atoms with van der Waals surface area (Å²) in [5.41, 5.74) is 0.967. The molecule has 0 bridgehead atoms. The standard InChI is InChI=1S/C11H12INO3/c12-9-3-1-8(2-4-9)7-16-11(15)13-5-10(14)6-13/h1-4,10,14H,5-7H2. The molecule has 0 aromatic heterocycles. The summed E-state index contributed by atoms with van der Waals surface area (Å²) in [6.07, 6.45) is -0.741. The van der Waals surface area contributed by atoms with Crippen LogP contribution in [0.2, 0.25) is 0 Å². The SMILES string of the molecule is O=C(OCc1ccc(I)cc1)N1CC(O)C1. The lowest BCUT2D eigenvalue weighted by Crippen LogP contribution is -2.53. The lowest BCUT2D eigenvalue weighted by molar-refractivity contribution is -0.00405. The van der Waals surface area contributed by atoms with Crippen LogP contribution in [0.3, 0.4) is 0 Å². The maximum Gasteiger partial charge on any atom is 0.410 e. The number of ether oxygens (including phenoxy) is 1. The van der Waals surface area contributed by atoms with Crippen molar-refractivity contribution >= 4 is 28.7 Å². The molecule has 1 aromatic carbocycles. The van der Waals surface area contributed by atoms with E-state index in [1.807, 2.05) is 24.3 Å². The van der Waals surface area contributed by atoms with E-state index in [4.69, 9.17) is 9.84 Å². The van der Waals surface area contributed by atoms with Gasteiger partial charge in [-0.25, -0.2) is 4.79 Å². The number of halogens is 1. The van der Waals surface area contributed by atoms with Crippen molar-refractivity contribution in [2.24, 2.45) is 0 Å². The van der Waals surface area contributed by atoms with E-state index >= 15 is 0 Å². The Labute approximate surface area is 107 Å². The first kappa shape index (κ1) is 11.7. The highest BCUT2D eigenvalue weighted by Crippen LogP contribution is 2.12. The van der Waals surface area contributed by atoms with Crippen molar-refractivity contribution in [1.82, 2.24) is 4.90 Å². The molecular formula is C11H12INO3. The zero-order chi connectivity index (χ0) is 11.5. The minimum absolute atomic E-state index is 0.280. The molecule has 16 heavy (non-hydrogen) atoms. The van der Waals surface area contributed by atoms with Crippen LogP contribution in [-0.2, 0) is 11.3 Å². The Kier molecular flexibility index (Phi) is 3.65. The minimum atomic E-state index is -0.383. The molecule has 1 fully saturated rings. The van der Waals surface area contributed by atoms with E-state index in [0.717, 1.165) is 9.13 Å². The van der Waals surface area contributed by atoms with Crippen LogP contribution < -0.4 is 0 Å². The molecule has 0 unspecified atom stereocenters. The van der Waals surface area contributed by atoms with Crippen molar-refractivity contribution in [3.8, 4) is 0 Å². The highest BCUT2D eigenvalue weighted by Gasteiger charge is 2.29. The fourth-order valence-electron chi connectivity index (χ4n) is 1.42. The number of amides is 1. The summed E-state index contributed by atoms with van der Waals surface area (Å²) in [5, 5.41) is 9.03. The van der Waals surface area contributed by atoms with E-state index in [0.29, 0.717) is 13.1 Å². The Hall–Kier alpha value is -0.820. The van der Waals surface area contributed by atoms with Gasteiger partial charge in [-0.3, -0.25) is 0 Å². The lowest BCUT2D eigenvalue weighted by Gasteiger charge is -2.34. The van der Waals surface area contributed by atoms with Gasteiger partial charge in [-0.05, 0) is 40.3 Å². The Morgan fingerprint density at radius 1 is 1.44 bits per heavy atom. The Morgan fingerprint density at radius 3 is 2.62 bits per heavy atom. The second-order valence-corrected chi connectivity index (χ2v) is 4.99. The molecule has 1 N–H and O–H groups in total. The van der Waals surface area contributed by atoms with E-state index in [-0.39, 0.29) is 18.8 Å². The van der Waals surface area contributed by atoms with Crippen LogP contribution in [0.25, 0.3) is 0 Å². The van der Waals surface area contributed by atoms with Gasteiger partial charge >= 0.3 is 6.09 Å². The molecule has 1 heterocycles. The van der Waals surface area contributed by atoms with Crippen LogP contribution in [0.1, 0.15) is 5.56 Å². The van der Waals surface area contributed by atoms with Gasteiger partial charge < -0.3 is 14.7 Å². The summed E-state index contributed by atoms with van der Waals surface area (Å²) in [6.45, 7) is 1.04. The summed E-state index contributed by atoms with van der Waals surface area (Å²) in [6, 6.07) is 7.80. The lowest BCUT2D eigenvalue weighted by atomic mass is 10.2. The number of hydrogen-bond acceptors (Lipinski definition) is 3.